The highest BCUT2D eigenvalue weighted by atomic mass is 16.5. The fourth-order valence-corrected chi connectivity index (χ4v) is 11.9. The maximum absolute atomic E-state index is 13.4. The van der Waals surface area contributed by atoms with E-state index >= 15 is 0 Å². The van der Waals surface area contributed by atoms with Gasteiger partial charge in [-0.2, -0.15) is 4.80 Å². The number of nitrogens with two attached hydrogens (primary N) is 1. The summed E-state index contributed by atoms with van der Waals surface area (Å²) in [7, 11) is 0. The number of allylic oxidation sites excluding steroid dienone is 1. The van der Waals surface area contributed by atoms with Crippen LogP contribution in [0.5, 0.6) is 0 Å². The van der Waals surface area contributed by atoms with Gasteiger partial charge in [-0.05, 0) is 96.5 Å². The monoisotopic (exact) mass is 639 g/mol. The van der Waals surface area contributed by atoms with Gasteiger partial charge in [0.25, 0.3) is 0 Å². The standard InChI is InChI=1S/C37H61N5O4/c1-22(2)24(5)32(6)15-16-34(8)25-11-12-28-33(7)18-45-20-37(28,26(25)13-14-35(34,9)29(32)31(43)44)17-27(42-40-21-39-41-42)30(33)46-19-36(10,38)23(3)4/h13,21-25,27-30H,11-12,14-20,38H2,1-10H3,(H,43,44)/t24-,25+,27-,28+,29-,30+,32-,33?,34-,35+,36?,37+/m1/s1. The zero-order valence-electron chi connectivity index (χ0n) is 30.2. The largest absolute Gasteiger partial charge is 0.481 e. The number of rotatable bonds is 8. The second-order valence-corrected chi connectivity index (χ2v) is 18.3. The molecule has 258 valence electrons. The first kappa shape index (κ1) is 34.0. The SMILES string of the molecule is CC(C)[C@@H](C)[C@@]1(C)CC[C@]2(C)[C@H]3CC[C@H]4C5(C)COC[C@@]4(C[C@@H](n4ncnn4)[C@@H]5OCC(C)(N)C(C)C)C3=CC[C@@]2(C)[C@@H]1C(=O)O. The summed E-state index contributed by atoms with van der Waals surface area (Å²) in [4.78, 5) is 15.2. The van der Waals surface area contributed by atoms with E-state index in [0.29, 0.717) is 43.5 Å². The Labute approximate surface area is 276 Å². The number of carbonyl (C=O) groups is 1. The van der Waals surface area contributed by atoms with Gasteiger partial charge in [0.15, 0.2) is 6.33 Å². The summed E-state index contributed by atoms with van der Waals surface area (Å²) in [6, 6.07) is -0.107. The van der Waals surface area contributed by atoms with Crippen molar-refractivity contribution < 1.29 is 19.4 Å². The molecule has 0 amide bonds. The summed E-state index contributed by atoms with van der Waals surface area (Å²) in [5.41, 5.74) is 6.61. The van der Waals surface area contributed by atoms with Crippen LogP contribution in [0.4, 0.5) is 0 Å². The summed E-state index contributed by atoms with van der Waals surface area (Å²) in [6.45, 7) is 24.3. The normalized spacial score (nSPS) is 45.7. The Morgan fingerprint density at radius 2 is 1.85 bits per heavy atom. The molecule has 0 spiro atoms. The molecular formula is C37H61N5O4. The Bertz CT molecular complexity index is 1340. The van der Waals surface area contributed by atoms with Crippen molar-refractivity contribution in [2.24, 2.45) is 68.3 Å². The third kappa shape index (κ3) is 4.56. The van der Waals surface area contributed by atoms with Gasteiger partial charge in [-0.3, -0.25) is 4.79 Å². The molecule has 1 aromatic rings. The van der Waals surface area contributed by atoms with Crippen LogP contribution < -0.4 is 5.73 Å². The molecule has 3 N–H and O–H groups in total. The van der Waals surface area contributed by atoms with Crippen LogP contribution in [-0.2, 0) is 14.3 Å². The molecule has 3 saturated carbocycles. The molecule has 2 heterocycles. The van der Waals surface area contributed by atoms with Gasteiger partial charge in [0.05, 0.1) is 31.8 Å². The van der Waals surface area contributed by atoms with Gasteiger partial charge < -0.3 is 20.3 Å². The molecule has 9 nitrogen and oxygen atoms in total. The van der Waals surface area contributed by atoms with Crippen molar-refractivity contribution in [1.29, 1.82) is 0 Å². The molecule has 46 heavy (non-hydrogen) atoms. The minimum atomic E-state index is -0.621. The predicted octanol–water partition coefficient (Wildman–Crippen LogP) is 6.56. The van der Waals surface area contributed by atoms with Crippen LogP contribution in [0, 0.1) is 62.6 Å². The Hall–Kier alpha value is -1.84. The quantitative estimate of drug-likeness (QED) is 0.306. The van der Waals surface area contributed by atoms with E-state index < -0.39 is 17.4 Å². The molecule has 1 aliphatic heterocycles. The van der Waals surface area contributed by atoms with E-state index in [9.17, 15) is 9.90 Å². The topological polar surface area (TPSA) is 125 Å². The van der Waals surface area contributed by atoms with E-state index in [0.717, 1.165) is 38.5 Å². The predicted molar refractivity (Wildman–Crippen MR) is 178 cm³/mol. The van der Waals surface area contributed by atoms with Crippen molar-refractivity contribution in [1.82, 2.24) is 20.2 Å². The van der Waals surface area contributed by atoms with Gasteiger partial charge in [-0.15, -0.1) is 10.2 Å². The third-order valence-corrected chi connectivity index (χ3v) is 15.6. The molecule has 4 aliphatic carbocycles. The Balaban J connectivity index is 1.43. The zero-order valence-corrected chi connectivity index (χ0v) is 30.2. The average Bonchev–Trinajstić information content (AvgIpc) is 3.51. The Kier molecular flexibility index (Phi) is 8.21. The van der Waals surface area contributed by atoms with Crippen molar-refractivity contribution >= 4 is 5.97 Å². The second kappa shape index (κ2) is 11.1. The van der Waals surface area contributed by atoms with Crippen LogP contribution in [0.1, 0.15) is 114 Å². The van der Waals surface area contributed by atoms with E-state index in [-0.39, 0.29) is 45.1 Å². The fraction of sp³-hybridized carbons (Fsp3) is 0.892. The van der Waals surface area contributed by atoms with E-state index in [1.807, 2.05) is 0 Å². The number of aromatic nitrogens is 4. The van der Waals surface area contributed by atoms with Crippen LogP contribution >= 0.6 is 0 Å². The summed E-state index contributed by atoms with van der Waals surface area (Å²) in [5, 5.41) is 24.2. The van der Waals surface area contributed by atoms with Crippen LogP contribution in [-0.4, -0.2) is 62.7 Å². The van der Waals surface area contributed by atoms with Crippen molar-refractivity contribution in [3.8, 4) is 0 Å². The first-order valence-corrected chi connectivity index (χ1v) is 18.0. The van der Waals surface area contributed by atoms with Crippen LogP contribution in [0.2, 0.25) is 0 Å². The van der Waals surface area contributed by atoms with Crippen molar-refractivity contribution in [2.45, 2.75) is 125 Å². The van der Waals surface area contributed by atoms with Crippen molar-refractivity contribution in [3.63, 3.8) is 0 Å². The summed E-state index contributed by atoms with van der Waals surface area (Å²) < 4.78 is 13.6. The summed E-state index contributed by atoms with van der Waals surface area (Å²) in [6.07, 6.45) is 9.58. The molecular weight excluding hydrogens is 578 g/mol. The smallest absolute Gasteiger partial charge is 0.307 e. The van der Waals surface area contributed by atoms with Gasteiger partial charge in [0, 0.05) is 16.4 Å². The third-order valence-electron chi connectivity index (χ3n) is 15.6. The Morgan fingerprint density at radius 3 is 2.46 bits per heavy atom. The van der Waals surface area contributed by atoms with Crippen molar-refractivity contribution in [3.05, 3.63) is 18.0 Å². The lowest BCUT2D eigenvalue weighted by Gasteiger charge is -2.71. The molecule has 0 aromatic carbocycles. The number of carboxylic acids is 1. The lowest BCUT2D eigenvalue weighted by atomic mass is 9.34. The molecule has 1 saturated heterocycles. The van der Waals surface area contributed by atoms with Crippen LogP contribution in [0.3, 0.4) is 0 Å². The maximum atomic E-state index is 13.4. The molecule has 0 radical (unpaired) electrons. The molecule has 6 rings (SSSR count). The number of aliphatic carboxylic acids is 1. The number of tetrazole rings is 1. The minimum Gasteiger partial charge on any atom is -0.481 e. The number of carboxylic acid groups (broad SMARTS) is 1. The number of hydrogen-bond donors (Lipinski definition) is 2. The highest BCUT2D eigenvalue weighted by Crippen LogP contribution is 2.75. The lowest BCUT2D eigenvalue weighted by molar-refractivity contribution is -0.253. The van der Waals surface area contributed by atoms with Crippen LogP contribution in [0.25, 0.3) is 0 Å². The fourth-order valence-electron chi connectivity index (χ4n) is 11.9. The molecule has 9 heteroatoms. The zero-order chi connectivity index (χ0) is 33.7. The van der Waals surface area contributed by atoms with E-state index in [4.69, 9.17) is 15.2 Å². The highest BCUT2D eigenvalue weighted by molar-refractivity contribution is 5.73. The lowest BCUT2D eigenvalue weighted by Crippen LogP contribution is -2.69. The molecule has 1 aromatic heterocycles. The first-order valence-electron chi connectivity index (χ1n) is 18.0. The molecule has 2 unspecified atom stereocenters. The number of nitrogens with zero attached hydrogens (tertiary/aromatic N) is 4. The highest BCUT2D eigenvalue weighted by Gasteiger charge is 2.72. The number of ether oxygens (including phenoxy) is 2. The molecule has 12 atom stereocenters. The van der Waals surface area contributed by atoms with E-state index in [1.165, 1.54) is 11.9 Å². The number of fused-ring (bicyclic) bond motifs is 3. The first-order chi connectivity index (χ1) is 21.4. The molecule has 5 aliphatic rings. The van der Waals surface area contributed by atoms with Gasteiger partial charge in [0.1, 0.15) is 6.04 Å². The molecule has 4 fully saturated rings. The van der Waals surface area contributed by atoms with Crippen LogP contribution in [0.15, 0.2) is 18.0 Å². The Morgan fingerprint density at radius 1 is 1.13 bits per heavy atom. The van der Waals surface area contributed by atoms with Gasteiger partial charge in [0.2, 0.25) is 0 Å². The maximum Gasteiger partial charge on any atom is 0.307 e. The van der Waals surface area contributed by atoms with E-state index in [1.54, 1.807) is 4.80 Å². The minimum absolute atomic E-state index is 0.107. The van der Waals surface area contributed by atoms with Gasteiger partial charge >= 0.3 is 5.97 Å². The summed E-state index contributed by atoms with van der Waals surface area (Å²) >= 11 is 0. The molecule has 2 bridgehead atoms. The number of hydrogen-bond acceptors (Lipinski definition) is 7. The average molecular weight is 640 g/mol. The second-order valence-electron chi connectivity index (χ2n) is 18.3. The van der Waals surface area contributed by atoms with Crippen molar-refractivity contribution in [2.75, 3.05) is 19.8 Å². The summed E-state index contributed by atoms with van der Waals surface area (Å²) in [5.74, 6) is 0.676. The van der Waals surface area contributed by atoms with Gasteiger partial charge in [-0.25, -0.2) is 0 Å². The van der Waals surface area contributed by atoms with E-state index in [2.05, 4.69) is 90.7 Å². The van der Waals surface area contributed by atoms with Gasteiger partial charge in [-0.1, -0.05) is 74.0 Å².